The van der Waals surface area contributed by atoms with Crippen LogP contribution in [0.5, 0.6) is 0 Å². The first-order chi connectivity index (χ1) is 8.58. The summed E-state index contributed by atoms with van der Waals surface area (Å²) >= 11 is 11.6. The van der Waals surface area contributed by atoms with Gasteiger partial charge in [-0.1, -0.05) is 17.7 Å². The molecule has 0 heterocycles. The van der Waals surface area contributed by atoms with Gasteiger partial charge in [-0.25, -0.2) is 4.39 Å². The van der Waals surface area contributed by atoms with Crippen LogP contribution < -0.4 is 5.32 Å². The van der Waals surface area contributed by atoms with Gasteiger partial charge in [-0.15, -0.1) is 11.6 Å². The number of amides is 1. The first-order valence-electron chi connectivity index (χ1n) is 5.97. The number of rotatable bonds is 2. The molecule has 0 bridgehead atoms. The average Bonchev–Trinajstić information content (AvgIpc) is 2.35. The molecule has 1 aromatic carbocycles. The molecule has 0 aromatic heterocycles. The molecule has 0 atom stereocenters. The molecule has 1 N–H and O–H groups in total. The van der Waals surface area contributed by atoms with Gasteiger partial charge in [-0.2, -0.15) is 0 Å². The zero-order valence-electron chi connectivity index (χ0n) is 9.76. The molecule has 5 heteroatoms. The topological polar surface area (TPSA) is 29.1 Å². The van der Waals surface area contributed by atoms with Crippen molar-refractivity contribution in [3.63, 3.8) is 0 Å². The van der Waals surface area contributed by atoms with Crippen LogP contribution in [0.2, 0.25) is 5.02 Å². The van der Waals surface area contributed by atoms with Crippen molar-refractivity contribution >= 4 is 29.1 Å². The number of hydrogen-bond acceptors (Lipinski definition) is 1. The van der Waals surface area contributed by atoms with Gasteiger partial charge in [0, 0.05) is 11.4 Å². The monoisotopic (exact) mass is 289 g/mol. The van der Waals surface area contributed by atoms with Gasteiger partial charge >= 0.3 is 0 Å². The van der Waals surface area contributed by atoms with E-state index in [1.165, 1.54) is 12.1 Å². The van der Waals surface area contributed by atoms with Crippen molar-refractivity contribution < 1.29 is 9.18 Å². The maximum absolute atomic E-state index is 13.7. The summed E-state index contributed by atoms with van der Waals surface area (Å²) in [4.78, 5) is 11.9. The van der Waals surface area contributed by atoms with Crippen LogP contribution >= 0.6 is 23.2 Å². The summed E-state index contributed by atoms with van der Waals surface area (Å²) in [6.07, 6.45) is 3.43. The summed E-state index contributed by atoms with van der Waals surface area (Å²) in [6, 6.07) is 4.50. The van der Waals surface area contributed by atoms with E-state index in [4.69, 9.17) is 23.2 Å². The molecule has 0 spiro atoms. The minimum Gasteiger partial charge on any atom is -0.349 e. The van der Waals surface area contributed by atoms with E-state index in [0.717, 1.165) is 25.7 Å². The summed E-state index contributed by atoms with van der Waals surface area (Å²) in [5.41, 5.74) is -0.00417. The van der Waals surface area contributed by atoms with Gasteiger partial charge in [0.15, 0.2) is 5.82 Å². The Labute approximate surface area is 115 Å². The Bertz CT molecular complexity index is 445. The molecular formula is C13H14Cl2FNO. The molecule has 0 saturated heterocycles. The first-order valence-corrected chi connectivity index (χ1v) is 6.78. The highest BCUT2D eigenvalue weighted by Crippen LogP contribution is 2.23. The van der Waals surface area contributed by atoms with Crippen LogP contribution in [0.25, 0.3) is 0 Å². The second kappa shape index (κ2) is 5.89. The van der Waals surface area contributed by atoms with E-state index in [2.05, 4.69) is 5.32 Å². The summed E-state index contributed by atoms with van der Waals surface area (Å²) in [5.74, 6) is -1.07. The number of benzene rings is 1. The Morgan fingerprint density at radius 2 is 1.94 bits per heavy atom. The van der Waals surface area contributed by atoms with E-state index >= 15 is 0 Å². The Hall–Kier alpha value is -0.800. The Morgan fingerprint density at radius 1 is 1.28 bits per heavy atom. The maximum Gasteiger partial charge on any atom is 0.254 e. The largest absolute Gasteiger partial charge is 0.349 e. The van der Waals surface area contributed by atoms with Crippen molar-refractivity contribution in [1.82, 2.24) is 5.32 Å². The lowest BCUT2D eigenvalue weighted by Gasteiger charge is -2.25. The number of halogens is 3. The molecule has 18 heavy (non-hydrogen) atoms. The molecule has 1 aliphatic rings. The van der Waals surface area contributed by atoms with Crippen LogP contribution in [0, 0.1) is 5.82 Å². The fourth-order valence-corrected chi connectivity index (χ4v) is 2.57. The first kappa shape index (κ1) is 13.6. The van der Waals surface area contributed by atoms with E-state index < -0.39 is 11.7 Å². The molecule has 1 saturated carbocycles. The van der Waals surface area contributed by atoms with Crippen molar-refractivity contribution in [3.8, 4) is 0 Å². The minimum atomic E-state index is -0.664. The summed E-state index contributed by atoms with van der Waals surface area (Å²) in [7, 11) is 0. The van der Waals surface area contributed by atoms with E-state index in [-0.39, 0.29) is 22.0 Å². The Kier molecular flexibility index (Phi) is 4.46. The zero-order valence-corrected chi connectivity index (χ0v) is 11.3. The van der Waals surface area contributed by atoms with Gasteiger partial charge in [0.05, 0.1) is 10.6 Å². The van der Waals surface area contributed by atoms with Gasteiger partial charge in [0.1, 0.15) is 0 Å². The molecule has 2 rings (SSSR count). The Morgan fingerprint density at radius 3 is 2.61 bits per heavy atom. The third-order valence-corrected chi connectivity index (χ3v) is 3.92. The second-order valence-corrected chi connectivity index (χ2v) is 5.55. The number of hydrogen-bond donors (Lipinski definition) is 1. The van der Waals surface area contributed by atoms with Gasteiger partial charge in [-0.05, 0) is 37.8 Å². The number of nitrogens with one attached hydrogen (secondary N) is 1. The second-order valence-electron chi connectivity index (χ2n) is 4.52. The van der Waals surface area contributed by atoms with Gasteiger partial charge < -0.3 is 5.32 Å². The van der Waals surface area contributed by atoms with Crippen molar-refractivity contribution in [1.29, 1.82) is 0 Å². The summed E-state index contributed by atoms with van der Waals surface area (Å²) < 4.78 is 13.7. The Balaban J connectivity index is 2.01. The number of carbonyl (C=O) groups is 1. The highest BCUT2D eigenvalue weighted by molar-refractivity contribution is 6.31. The smallest absolute Gasteiger partial charge is 0.254 e. The van der Waals surface area contributed by atoms with Crippen molar-refractivity contribution in [3.05, 3.63) is 34.6 Å². The molecule has 0 unspecified atom stereocenters. The molecule has 1 aromatic rings. The highest BCUT2D eigenvalue weighted by atomic mass is 35.5. The van der Waals surface area contributed by atoms with Crippen LogP contribution in [0.1, 0.15) is 36.0 Å². The SMILES string of the molecule is O=C(NC1CCC(Cl)CC1)c1cccc(Cl)c1F. The van der Waals surface area contributed by atoms with Crippen LogP contribution in [0.4, 0.5) is 4.39 Å². The van der Waals surface area contributed by atoms with E-state index in [1.807, 2.05) is 0 Å². The van der Waals surface area contributed by atoms with E-state index in [9.17, 15) is 9.18 Å². The highest BCUT2D eigenvalue weighted by Gasteiger charge is 2.22. The van der Waals surface area contributed by atoms with Crippen LogP contribution in [0.15, 0.2) is 18.2 Å². The predicted molar refractivity (Wildman–Crippen MR) is 70.8 cm³/mol. The van der Waals surface area contributed by atoms with E-state index in [0.29, 0.717) is 0 Å². The lowest BCUT2D eigenvalue weighted by Crippen LogP contribution is -2.38. The fraction of sp³-hybridized carbons (Fsp3) is 0.462. The van der Waals surface area contributed by atoms with Crippen molar-refractivity contribution in [2.45, 2.75) is 37.1 Å². The zero-order chi connectivity index (χ0) is 13.1. The lowest BCUT2D eigenvalue weighted by atomic mass is 9.95. The van der Waals surface area contributed by atoms with Crippen molar-refractivity contribution in [2.24, 2.45) is 0 Å². The van der Waals surface area contributed by atoms with Gasteiger partial charge in [0.2, 0.25) is 0 Å². The van der Waals surface area contributed by atoms with Crippen LogP contribution in [0.3, 0.4) is 0 Å². The third kappa shape index (κ3) is 3.15. The quantitative estimate of drug-likeness (QED) is 0.826. The van der Waals surface area contributed by atoms with Crippen molar-refractivity contribution in [2.75, 3.05) is 0 Å². The summed E-state index contributed by atoms with van der Waals surface area (Å²) in [6.45, 7) is 0. The third-order valence-electron chi connectivity index (χ3n) is 3.19. The molecule has 1 aliphatic carbocycles. The average molecular weight is 290 g/mol. The number of carbonyl (C=O) groups excluding carboxylic acids is 1. The molecule has 0 radical (unpaired) electrons. The van der Waals surface area contributed by atoms with Gasteiger partial charge in [0.25, 0.3) is 5.91 Å². The lowest BCUT2D eigenvalue weighted by molar-refractivity contribution is 0.0924. The summed E-state index contributed by atoms with van der Waals surface area (Å²) in [5, 5.41) is 2.99. The maximum atomic E-state index is 13.7. The normalized spacial score (nSPS) is 23.7. The molecule has 98 valence electrons. The fourth-order valence-electron chi connectivity index (χ4n) is 2.14. The molecule has 1 fully saturated rings. The standard InChI is InChI=1S/C13H14Cl2FNO/c14-8-4-6-9(7-5-8)17-13(18)10-2-1-3-11(15)12(10)16/h1-3,8-9H,4-7H2,(H,17,18). The molecular weight excluding hydrogens is 276 g/mol. The number of alkyl halides is 1. The predicted octanol–water partition coefficient (Wildman–Crippen LogP) is 3.76. The molecule has 1 amide bonds. The minimum absolute atomic E-state index is 0.00417. The van der Waals surface area contributed by atoms with Crippen LogP contribution in [-0.4, -0.2) is 17.3 Å². The van der Waals surface area contributed by atoms with Crippen LogP contribution in [-0.2, 0) is 0 Å². The van der Waals surface area contributed by atoms with Gasteiger partial charge in [-0.3, -0.25) is 4.79 Å². The van der Waals surface area contributed by atoms with E-state index in [1.54, 1.807) is 6.07 Å². The molecule has 2 nitrogen and oxygen atoms in total. The molecule has 0 aliphatic heterocycles.